The van der Waals surface area contributed by atoms with Gasteiger partial charge in [-0.25, -0.2) is 0 Å². The molecule has 1 aromatic carbocycles. The SMILES string of the molecule is CNC(Cc1ccccc1Cl)C1CCc2cccnc21. The fourth-order valence-electron chi connectivity index (χ4n) is 3.18. The summed E-state index contributed by atoms with van der Waals surface area (Å²) in [5, 5.41) is 4.32. The number of halogens is 1. The first kappa shape index (κ1) is 13.6. The molecule has 1 heterocycles. The lowest BCUT2D eigenvalue weighted by molar-refractivity contribution is 0.450. The highest BCUT2D eigenvalue weighted by atomic mass is 35.5. The Bertz CT molecular complexity index is 597. The van der Waals surface area contributed by atoms with E-state index in [9.17, 15) is 0 Å². The standard InChI is InChI=1S/C17H19ClN2/c1-19-16(11-13-5-2-3-7-15(13)18)14-9-8-12-6-4-10-20-17(12)14/h2-7,10,14,16,19H,8-9,11H2,1H3. The molecule has 20 heavy (non-hydrogen) atoms. The molecule has 0 radical (unpaired) electrons. The molecule has 0 bridgehead atoms. The number of nitrogens with zero attached hydrogens (tertiary/aromatic N) is 1. The van der Waals surface area contributed by atoms with E-state index in [0.717, 1.165) is 17.9 Å². The van der Waals surface area contributed by atoms with E-state index in [2.05, 4.69) is 28.5 Å². The normalized spacial score (nSPS) is 18.8. The molecule has 3 rings (SSSR count). The Morgan fingerprint density at radius 3 is 2.95 bits per heavy atom. The molecular weight excluding hydrogens is 268 g/mol. The fourth-order valence-corrected chi connectivity index (χ4v) is 3.39. The van der Waals surface area contributed by atoms with Gasteiger partial charge in [-0.15, -0.1) is 0 Å². The highest BCUT2D eigenvalue weighted by Crippen LogP contribution is 2.35. The molecule has 2 atom stereocenters. The van der Waals surface area contributed by atoms with Crippen LogP contribution in [0.1, 0.15) is 29.2 Å². The van der Waals surface area contributed by atoms with Crippen LogP contribution in [0.5, 0.6) is 0 Å². The van der Waals surface area contributed by atoms with Crippen molar-refractivity contribution in [3.8, 4) is 0 Å². The van der Waals surface area contributed by atoms with Crippen LogP contribution in [0.15, 0.2) is 42.6 Å². The number of rotatable bonds is 4. The van der Waals surface area contributed by atoms with Crippen molar-refractivity contribution in [2.24, 2.45) is 0 Å². The zero-order valence-electron chi connectivity index (χ0n) is 11.6. The Morgan fingerprint density at radius 2 is 2.15 bits per heavy atom. The molecular formula is C17H19ClN2. The van der Waals surface area contributed by atoms with Crippen molar-refractivity contribution in [1.29, 1.82) is 0 Å². The maximum absolute atomic E-state index is 6.29. The predicted octanol–water partition coefficient (Wildman–Crippen LogP) is 3.60. The molecule has 0 aliphatic heterocycles. The summed E-state index contributed by atoms with van der Waals surface area (Å²) in [5.41, 5.74) is 3.87. The van der Waals surface area contributed by atoms with Gasteiger partial charge < -0.3 is 5.32 Å². The van der Waals surface area contributed by atoms with Crippen LogP contribution < -0.4 is 5.32 Å². The maximum atomic E-state index is 6.29. The van der Waals surface area contributed by atoms with Gasteiger partial charge in [0, 0.05) is 28.9 Å². The number of benzene rings is 1. The summed E-state index contributed by atoms with van der Waals surface area (Å²) >= 11 is 6.29. The average molecular weight is 287 g/mol. The Kier molecular flexibility index (Phi) is 4.04. The highest BCUT2D eigenvalue weighted by molar-refractivity contribution is 6.31. The molecule has 1 aliphatic carbocycles. The zero-order valence-corrected chi connectivity index (χ0v) is 12.4. The smallest absolute Gasteiger partial charge is 0.0482 e. The number of hydrogen-bond donors (Lipinski definition) is 1. The molecule has 3 heteroatoms. The van der Waals surface area contributed by atoms with Gasteiger partial charge in [-0.3, -0.25) is 4.98 Å². The van der Waals surface area contributed by atoms with Gasteiger partial charge in [0.05, 0.1) is 0 Å². The van der Waals surface area contributed by atoms with E-state index in [1.807, 2.05) is 31.4 Å². The van der Waals surface area contributed by atoms with E-state index in [0.29, 0.717) is 12.0 Å². The van der Waals surface area contributed by atoms with Gasteiger partial charge in [0.1, 0.15) is 0 Å². The van der Waals surface area contributed by atoms with Crippen LogP contribution in [-0.2, 0) is 12.8 Å². The van der Waals surface area contributed by atoms with E-state index < -0.39 is 0 Å². The number of fused-ring (bicyclic) bond motifs is 1. The monoisotopic (exact) mass is 286 g/mol. The third-order valence-electron chi connectivity index (χ3n) is 4.26. The minimum Gasteiger partial charge on any atom is -0.316 e. The Labute approximate surface area is 125 Å². The van der Waals surface area contributed by atoms with Crippen molar-refractivity contribution >= 4 is 11.6 Å². The minimum atomic E-state index is 0.381. The molecule has 0 saturated carbocycles. The summed E-state index contributed by atoms with van der Waals surface area (Å²) in [6, 6.07) is 12.7. The maximum Gasteiger partial charge on any atom is 0.0482 e. The molecule has 1 N–H and O–H groups in total. The molecule has 0 saturated heterocycles. The van der Waals surface area contributed by atoms with Gasteiger partial charge in [-0.2, -0.15) is 0 Å². The number of hydrogen-bond acceptors (Lipinski definition) is 2. The zero-order chi connectivity index (χ0) is 13.9. The van der Waals surface area contributed by atoms with Gasteiger partial charge >= 0.3 is 0 Å². The van der Waals surface area contributed by atoms with E-state index in [-0.39, 0.29) is 0 Å². The largest absolute Gasteiger partial charge is 0.316 e. The van der Waals surface area contributed by atoms with Crippen molar-refractivity contribution in [3.05, 3.63) is 64.4 Å². The summed E-state index contributed by atoms with van der Waals surface area (Å²) in [5.74, 6) is 0.479. The van der Waals surface area contributed by atoms with E-state index >= 15 is 0 Å². The van der Waals surface area contributed by atoms with E-state index in [4.69, 9.17) is 11.6 Å². The van der Waals surface area contributed by atoms with E-state index in [1.54, 1.807) is 0 Å². The Hall–Kier alpha value is -1.38. The van der Waals surface area contributed by atoms with Crippen LogP contribution in [0.2, 0.25) is 5.02 Å². The number of pyridine rings is 1. The molecule has 1 aliphatic rings. The quantitative estimate of drug-likeness (QED) is 0.929. The molecule has 0 amide bonds. The topological polar surface area (TPSA) is 24.9 Å². The molecule has 0 spiro atoms. The van der Waals surface area contributed by atoms with Gasteiger partial charge in [0.2, 0.25) is 0 Å². The van der Waals surface area contributed by atoms with Crippen molar-refractivity contribution in [2.45, 2.75) is 31.2 Å². The molecule has 2 unspecified atom stereocenters. The summed E-state index contributed by atoms with van der Waals surface area (Å²) < 4.78 is 0. The van der Waals surface area contributed by atoms with Gasteiger partial charge in [-0.05, 0) is 49.6 Å². The fraction of sp³-hybridized carbons (Fsp3) is 0.353. The van der Waals surface area contributed by atoms with E-state index in [1.165, 1.54) is 23.2 Å². The summed E-state index contributed by atoms with van der Waals surface area (Å²) in [4.78, 5) is 4.60. The first-order chi connectivity index (χ1) is 9.79. The van der Waals surface area contributed by atoms with Gasteiger partial charge in [-0.1, -0.05) is 35.9 Å². The highest BCUT2D eigenvalue weighted by Gasteiger charge is 2.30. The van der Waals surface area contributed by atoms with Crippen LogP contribution in [0.25, 0.3) is 0 Å². The van der Waals surface area contributed by atoms with Gasteiger partial charge in [0.15, 0.2) is 0 Å². The number of nitrogens with one attached hydrogen (secondary N) is 1. The molecule has 0 fully saturated rings. The first-order valence-corrected chi connectivity index (χ1v) is 7.52. The summed E-state index contributed by atoms with van der Waals surface area (Å²) in [6.45, 7) is 0. The second-order valence-electron chi connectivity index (χ2n) is 5.38. The molecule has 2 nitrogen and oxygen atoms in total. The van der Waals surface area contributed by atoms with Crippen LogP contribution in [0, 0.1) is 0 Å². The summed E-state index contributed by atoms with van der Waals surface area (Å²) in [6.07, 6.45) is 5.15. The van der Waals surface area contributed by atoms with Crippen LogP contribution >= 0.6 is 11.6 Å². The lowest BCUT2D eigenvalue weighted by Crippen LogP contribution is -2.33. The first-order valence-electron chi connectivity index (χ1n) is 7.14. The second kappa shape index (κ2) is 5.94. The van der Waals surface area contributed by atoms with Crippen molar-refractivity contribution in [1.82, 2.24) is 10.3 Å². The Morgan fingerprint density at radius 1 is 1.30 bits per heavy atom. The lowest BCUT2D eigenvalue weighted by atomic mass is 9.91. The Balaban J connectivity index is 1.83. The van der Waals surface area contributed by atoms with Crippen LogP contribution in [0.4, 0.5) is 0 Å². The van der Waals surface area contributed by atoms with Crippen LogP contribution in [0.3, 0.4) is 0 Å². The lowest BCUT2D eigenvalue weighted by Gasteiger charge is -2.24. The third kappa shape index (κ3) is 2.58. The number of aryl methyl sites for hydroxylation is 1. The van der Waals surface area contributed by atoms with Crippen molar-refractivity contribution < 1.29 is 0 Å². The minimum absolute atomic E-state index is 0.381. The second-order valence-corrected chi connectivity index (χ2v) is 5.79. The number of likely N-dealkylation sites (N-methyl/N-ethyl adjacent to an activating group) is 1. The number of aromatic nitrogens is 1. The third-order valence-corrected chi connectivity index (χ3v) is 4.62. The molecule has 2 aromatic rings. The predicted molar refractivity (Wildman–Crippen MR) is 83.3 cm³/mol. The van der Waals surface area contributed by atoms with Crippen LogP contribution in [-0.4, -0.2) is 18.1 Å². The molecule has 1 aromatic heterocycles. The van der Waals surface area contributed by atoms with Gasteiger partial charge in [0.25, 0.3) is 0 Å². The molecule has 104 valence electrons. The summed E-state index contributed by atoms with van der Waals surface area (Å²) in [7, 11) is 2.03. The van der Waals surface area contributed by atoms with Crippen molar-refractivity contribution in [3.63, 3.8) is 0 Å². The average Bonchev–Trinajstić information content (AvgIpc) is 2.90. The van der Waals surface area contributed by atoms with Crippen molar-refractivity contribution in [2.75, 3.05) is 7.05 Å².